The van der Waals surface area contributed by atoms with Gasteiger partial charge >= 0.3 is 12.0 Å². The first kappa shape index (κ1) is 13.4. The van der Waals surface area contributed by atoms with Crippen molar-refractivity contribution in [3.8, 4) is 0 Å². The fourth-order valence-corrected chi connectivity index (χ4v) is 2.33. The summed E-state index contributed by atoms with van der Waals surface area (Å²) in [5.41, 5.74) is 7.00. The first-order valence-electron chi connectivity index (χ1n) is 6.20. The summed E-state index contributed by atoms with van der Waals surface area (Å²) in [5.74, 6) is -1.02. The van der Waals surface area contributed by atoms with Gasteiger partial charge in [0.15, 0.2) is 6.04 Å². The Morgan fingerprint density at radius 2 is 2.16 bits per heavy atom. The number of rotatable bonds is 3. The number of hydrogen-bond donors (Lipinski definition) is 3. The predicted molar refractivity (Wildman–Crippen MR) is 69.7 cm³/mol. The maximum absolute atomic E-state index is 12.0. The fourth-order valence-electron chi connectivity index (χ4n) is 2.33. The number of benzene rings is 1. The van der Waals surface area contributed by atoms with E-state index in [2.05, 4.69) is 5.32 Å². The normalized spacial score (nSPS) is 17.7. The molecule has 2 rings (SSSR count). The Morgan fingerprint density at radius 3 is 2.84 bits per heavy atom. The second-order valence-electron chi connectivity index (χ2n) is 4.40. The van der Waals surface area contributed by atoms with Crippen molar-refractivity contribution in [2.45, 2.75) is 12.5 Å². The molecule has 102 valence electrons. The molecule has 0 spiro atoms. The minimum Gasteiger partial charge on any atom is -0.479 e. The molecule has 2 amide bonds. The Hall–Kier alpha value is -2.08. The lowest BCUT2D eigenvalue weighted by Crippen LogP contribution is -2.49. The van der Waals surface area contributed by atoms with E-state index in [1.165, 1.54) is 4.90 Å². The van der Waals surface area contributed by atoms with Gasteiger partial charge in [0.1, 0.15) is 0 Å². The van der Waals surface area contributed by atoms with Crippen LogP contribution < -0.4 is 11.1 Å². The monoisotopic (exact) mass is 263 g/mol. The maximum atomic E-state index is 12.0. The molecule has 1 unspecified atom stereocenters. The number of carboxylic acid groups (broad SMARTS) is 1. The molecule has 6 heteroatoms. The Labute approximate surface area is 111 Å². The molecule has 1 atom stereocenters. The van der Waals surface area contributed by atoms with Crippen LogP contribution in [0.4, 0.5) is 4.79 Å². The molecule has 0 aliphatic carbocycles. The number of nitrogens with one attached hydrogen (secondary N) is 1. The van der Waals surface area contributed by atoms with Crippen LogP contribution >= 0.6 is 0 Å². The van der Waals surface area contributed by atoms with Crippen molar-refractivity contribution in [2.75, 3.05) is 19.6 Å². The molecule has 19 heavy (non-hydrogen) atoms. The van der Waals surface area contributed by atoms with Crippen LogP contribution in [0, 0.1) is 0 Å². The van der Waals surface area contributed by atoms with Gasteiger partial charge in [-0.1, -0.05) is 24.3 Å². The van der Waals surface area contributed by atoms with Crippen molar-refractivity contribution in [2.24, 2.45) is 5.73 Å². The van der Waals surface area contributed by atoms with E-state index < -0.39 is 12.0 Å². The van der Waals surface area contributed by atoms with Crippen molar-refractivity contribution < 1.29 is 14.7 Å². The number of carbonyl (C=O) groups is 2. The van der Waals surface area contributed by atoms with Gasteiger partial charge in [0.25, 0.3) is 0 Å². The van der Waals surface area contributed by atoms with Crippen LogP contribution in [0.5, 0.6) is 0 Å². The summed E-state index contributed by atoms with van der Waals surface area (Å²) in [6.45, 7) is 1.06. The summed E-state index contributed by atoms with van der Waals surface area (Å²) in [4.78, 5) is 24.8. The first-order chi connectivity index (χ1) is 9.15. The first-order valence-corrected chi connectivity index (χ1v) is 6.20. The van der Waals surface area contributed by atoms with E-state index in [9.17, 15) is 14.7 Å². The number of aliphatic carboxylic acids is 1. The molecule has 4 N–H and O–H groups in total. The molecular weight excluding hydrogens is 246 g/mol. The molecule has 1 heterocycles. The second kappa shape index (κ2) is 5.71. The quantitative estimate of drug-likeness (QED) is 0.732. The summed E-state index contributed by atoms with van der Waals surface area (Å²) in [5, 5.41) is 12.0. The van der Waals surface area contributed by atoms with Gasteiger partial charge in [-0.05, 0) is 17.5 Å². The smallest absolute Gasteiger partial charge is 0.331 e. The molecule has 0 fully saturated rings. The van der Waals surface area contributed by atoms with Crippen molar-refractivity contribution in [3.05, 3.63) is 35.4 Å². The summed E-state index contributed by atoms with van der Waals surface area (Å²) in [6.07, 6.45) is 0.663. The zero-order chi connectivity index (χ0) is 13.8. The molecule has 1 aliphatic rings. The van der Waals surface area contributed by atoms with Gasteiger partial charge in [-0.25, -0.2) is 9.59 Å². The van der Waals surface area contributed by atoms with Crippen LogP contribution in [0.3, 0.4) is 0 Å². The predicted octanol–water partition coefficient (Wildman–Crippen LogP) is 0.339. The van der Waals surface area contributed by atoms with E-state index in [1.54, 1.807) is 12.1 Å². The summed E-state index contributed by atoms with van der Waals surface area (Å²) >= 11 is 0. The minimum absolute atomic E-state index is 0.327. The van der Waals surface area contributed by atoms with Crippen molar-refractivity contribution in [1.29, 1.82) is 0 Å². The highest BCUT2D eigenvalue weighted by Gasteiger charge is 2.35. The van der Waals surface area contributed by atoms with Gasteiger partial charge in [-0.15, -0.1) is 0 Å². The molecule has 0 radical (unpaired) electrons. The second-order valence-corrected chi connectivity index (χ2v) is 4.40. The highest BCUT2D eigenvalue weighted by atomic mass is 16.4. The lowest BCUT2D eigenvalue weighted by atomic mass is 9.93. The Morgan fingerprint density at radius 1 is 1.42 bits per heavy atom. The third kappa shape index (κ3) is 2.68. The van der Waals surface area contributed by atoms with Crippen LogP contribution in [0.25, 0.3) is 0 Å². The SMILES string of the molecule is NCCNC(=O)N1CCc2ccccc2C1C(=O)O. The number of hydrogen-bond acceptors (Lipinski definition) is 3. The summed E-state index contributed by atoms with van der Waals surface area (Å²) in [6, 6.07) is 6.02. The molecular formula is C13H17N3O3. The summed E-state index contributed by atoms with van der Waals surface area (Å²) < 4.78 is 0. The van der Waals surface area contributed by atoms with E-state index in [4.69, 9.17) is 5.73 Å². The third-order valence-electron chi connectivity index (χ3n) is 3.20. The zero-order valence-corrected chi connectivity index (χ0v) is 10.5. The number of nitrogens with zero attached hydrogens (tertiary/aromatic N) is 1. The van der Waals surface area contributed by atoms with Crippen LogP contribution in [0.15, 0.2) is 24.3 Å². The topological polar surface area (TPSA) is 95.7 Å². The van der Waals surface area contributed by atoms with E-state index in [-0.39, 0.29) is 6.03 Å². The third-order valence-corrected chi connectivity index (χ3v) is 3.20. The molecule has 1 aromatic rings. The van der Waals surface area contributed by atoms with Crippen LogP contribution in [0.2, 0.25) is 0 Å². The van der Waals surface area contributed by atoms with Crippen molar-refractivity contribution >= 4 is 12.0 Å². The van der Waals surface area contributed by atoms with E-state index in [0.717, 1.165) is 5.56 Å². The van der Waals surface area contributed by atoms with Gasteiger partial charge in [-0.3, -0.25) is 0 Å². The van der Waals surface area contributed by atoms with Crippen molar-refractivity contribution in [3.63, 3.8) is 0 Å². The van der Waals surface area contributed by atoms with Crippen LogP contribution in [-0.4, -0.2) is 41.6 Å². The van der Waals surface area contributed by atoms with Gasteiger partial charge < -0.3 is 21.1 Å². The van der Waals surface area contributed by atoms with Crippen LogP contribution in [0.1, 0.15) is 17.2 Å². The summed E-state index contributed by atoms with van der Waals surface area (Å²) in [7, 11) is 0. The van der Waals surface area contributed by atoms with Crippen LogP contribution in [-0.2, 0) is 11.2 Å². The molecule has 0 bridgehead atoms. The number of fused-ring (bicyclic) bond motifs is 1. The number of amides is 2. The van der Waals surface area contributed by atoms with Gasteiger partial charge in [-0.2, -0.15) is 0 Å². The highest BCUT2D eigenvalue weighted by molar-refractivity contribution is 5.84. The highest BCUT2D eigenvalue weighted by Crippen LogP contribution is 2.29. The molecule has 1 aliphatic heterocycles. The number of carboxylic acids is 1. The number of nitrogens with two attached hydrogens (primary N) is 1. The lowest BCUT2D eigenvalue weighted by Gasteiger charge is -2.34. The zero-order valence-electron chi connectivity index (χ0n) is 10.5. The van der Waals surface area contributed by atoms with Gasteiger partial charge in [0.05, 0.1) is 0 Å². The van der Waals surface area contributed by atoms with Crippen molar-refractivity contribution in [1.82, 2.24) is 10.2 Å². The maximum Gasteiger partial charge on any atom is 0.331 e. The fraction of sp³-hybridized carbons (Fsp3) is 0.385. The minimum atomic E-state index is -1.02. The molecule has 1 aromatic carbocycles. The lowest BCUT2D eigenvalue weighted by molar-refractivity contribution is -0.142. The Balaban J connectivity index is 2.27. The Bertz CT molecular complexity index is 490. The average Bonchev–Trinajstić information content (AvgIpc) is 2.43. The molecule has 0 aromatic heterocycles. The Kier molecular flexibility index (Phi) is 4.01. The molecule has 6 nitrogen and oxygen atoms in total. The van der Waals surface area contributed by atoms with Gasteiger partial charge in [0, 0.05) is 19.6 Å². The number of carbonyl (C=O) groups excluding carboxylic acids is 1. The molecule has 0 saturated carbocycles. The number of urea groups is 1. The molecule has 0 saturated heterocycles. The van der Waals surface area contributed by atoms with E-state index in [0.29, 0.717) is 31.6 Å². The van der Waals surface area contributed by atoms with E-state index in [1.807, 2.05) is 12.1 Å². The standard InChI is InChI=1S/C13H17N3O3/c14-6-7-15-13(19)16-8-5-9-3-1-2-4-10(9)11(16)12(17)18/h1-4,11H,5-8,14H2,(H,15,19)(H,17,18). The van der Waals surface area contributed by atoms with E-state index >= 15 is 0 Å². The van der Waals surface area contributed by atoms with Gasteiger partial charge in [0.2, 0.25) is 0 Å². The average molecular weight is 263 g/mol. The largest absolute Gasteiger partial charge is 0.479 e.